The monoisotopic (exact) mass is 266 g/mol. The molecule has 1 aromatic rings. The van der Waals surface area contributed by atoms with Crippen molar-refractivity contribution in [3.63, 3.8) is 0 Å². The summed E-state index contributed by atoms with van der Waals surface area (Å²) in [5.41, 5.74) is 0.676. The third-order valence-corrected chi connectivity index (χ3v) is 3.03. The van der Waals surface area contributed by atoms with E-state index in [-0.39, 0.29) is 28.2 Å². The van der Waals surface area contributed by atoms with Crippen LogP contribution in [0.3, 0.4) is 0 Å². The summed E-state index contributed by atoms with van der Waals surface area (Å²) in [7, 11) is 1.38. The predicted octanol–water partition coefficient (Wildman–Crippen LogP) is 1.73. The molecule has 2 rings (SSSR count). The number of ether oxygens (including phenoxy) is 3. The summed E-state index contributed by atoms with van der Waals surface area (Å²) in [6, 6.07) is 0. The van der Waals surface area contributed by atoms with Crippen molar-refractivity contribution < 1.29 is 28.9 Å². The smallest absolute Gasteiger partial charge is 0.345 e. The molecule has 6 heteroatoms. The lowest BCUT2D eigenvalue weighted by Crippen LogP contribution is -2.07. The van der Waals surface area contributed by atoms with Crippen molar-refractivity contribution in [2.24, 2.45) is 0 Å². The van der Waals surface area contributed by atoms with E-state index in [1.54, 1.807) is 13.8 Å². The van der Waals surface area contributed by atoms with Crippen molar-refractivity contribution in [3.05, 3.63) is 22.3 Å². The van der Waals surface area contributed by atoms with E-state index in [2.05, 4.69) is 0 Å². The maximum absolute atomic E-state index is 11.8. The number of aldehydes is 1. The molecule has 1 N–H and O–H groups in total. The number of esters is 1. The van der Waals surface area contributed by atoms with Gasteiger partial charge in [-0.25, -0.2) is 4.79 Å². The highest BCUT2D eigenvalue weighted by Crippen LogP contribution is 2.45. The summed E-state index contributed by atoms with van der Waals surface area (Å²) < 4.78 is 15.4. The molecule has 102 valence electrons. The van der Waals surface area contributed by atoms with Crippen LogP contribution in [0.5, 0.6) is 11.5 Å². The summed E-state index contributed by atoms with van der Waals surface area (Å²) in [6.07, 6.45) is -0.425. The predicted molar refractivity (Wildman–Crippen MR) is 64.6 cm³/mol. The maximum atomic E-state index is 11.8. The standard InChI is InChI=1S/C13H14O6/c1-4-18-13-8-7(5-14)11(17-3)6(2)10(15)9(8)12(16)19-13/h5,13,15H,4H2,1-3H3. The first kappa shape index (κ1) is 13.4. The summed E-state index contributed by atoms with van der Waals surface area (Å²) in [6.45, 7) is 3.59. The van der Waals surface area contributed by atoms with E-state index in [0.717, 1.165) is 0 Å². The van der Waals surface area contributed by atoms with E-state index >= 15 is 0 Å². The molecule has 0 bridgehead atoms. The van der Waals surface area contributed by atoms with Crippen LogP contribution >= 0.6 is 0 Å². The minimum atomic E-state index is -0.993. The van der Waals surface area contributed by atoms with Gasteiger partial charge in [-0.15, -0.1) is 0 Å². The molecular formula is C13H14O6. The van der Waals surface area contributed by atoms with Crippen LogP contribution in [0.2, 0.25) is 0 Å². The highest BCUT2D eigenvalue weighted by Gasteiger charge is 2.39. The lowest BCUT2D eigenvalue weighted by atomic mass is 9.97. The first-order valence-corrected chi connectivity index (χ1v) is 5.77. The molecule has 0 fully saturated rings. The van der Waals surface area contributed by atoms with Crippen LogP contribution in [0.4, 0.5) is 0 Å². The molecule has 1 aliphatic rings. The number of benzene rings is 1. The van der Waals surface area contributed by atoms with Gasteiger partial charge in [0.2, 0.25) is 6.29 Å². The van der Waals surface area contributed by atoms with Crippen LogP contribution in [0.1, 0.15) is 45.1 Å². The topological polar surface area (TPSA) is 82.1 Å². The highest BCUT2D eigenvalue weighted by molar-refractivity contribution is 6.01. The molecule has 0 aliphatic carbocycles. The first-order valence-electron chi connectivity index (χ1n) is 5.77. The lowest BCUT2D eigenvalue weighted by Gasteiger charge is -2.16. The number of aromatic hydroxyl groups is 1. The van der Waals surface area contributed by atoms with E-state index in [1.165, 1.54) is 7.11 Å². The van der Waals surface area contributed by atoms with Gasteiger partial charge in [0.15, 0.2) is 6.29 Å². The molecule has 19 heavy (non-hydrogen) atoms. The minimum Gasteiger partial charge on any atom is -0.507 e. The molecule has 0 amide bonds. The third kappa shape index (κ3) is 1.84. The van der Waals surface area contributed by atoms with Crippen molar-refractivity contribution in [3.8, 4) is 11.5 Å². The fourth-order valence-corrected chi connectivity index (χ4v) is 2.20. The summed E-state index contributed by atoms with van der Waals surface area (Å²) in [5.74, 6) is -0.737. The third-order valence-electron chi connectivity index (χ3n) is 3.03. The van der Waals surface area contributed by atoms with Crippen LogP contribution in [0.15, 0.2) is 0 Å². The van der Waals surface area contributed by atoms with E-state index in [0.29, 0.717) is 18.5 Å². The Bertz CT molecular complexity index is 549. The Morgan fingerprint density at radius 3 is 2.68 bits per heavy atom. The van der Waals surface area contributed by atoms with Crippen LogP contribution in [0.25, 0.3) is 0 Å². The zero-order chi connectivity index (χ0) is 14.2. The second-order valence-electron chi connectivity index (χ2n) is 4.02. The van der Waals surface area contributed by atoms with Crippen molar-refractivity contribution >= 4 is 12.3 Å². The number of rotatable bonds is 4. The van der Waals surface area contributed by atoms with E-state index in [9.17, 15) is 14.7 Å². The largest absolute Gasteiger partial charge is 0.507 e. The zero-order valence-corrected chi connectivity index (χ0v) is 10.9. The Balaban J connectivity index is 2.77. The van der Waals surface area contributed by atoms with Crippen LogP contribution < -0.4 is 4.74 Å². The van der Waals surface area contributed by atoms with Gasteiger partial charge in [0.05, 0.1) is 18.2 Å². The number of hydrogen-bond donors (Lipinski definition) is 1. The van der Waals surface area contributed by atoms with Gasteiger partial charge < -0.3 is 19.3 Å². The molecule has 0 saturated heterocycles. The number of cyclic esters (lactones) is 1. The molecule has 1 unspecified atom stereocenters. The average molecular weight is 266 g/mol. The number of carbonyl (C=O) groups is 2. The molecular weight excluding hydrogens is 252 g/mol. The van der Waals surface area contributed by atoms with Crippen molar-refractivity contribution in [1.82, 2.24) is 0 Å². The number of carbonyl (C=O) groups excluding carboxylic acids is 2. The Hall–Kier alpha value is -2.08. The van der Waals surface area contributed by atoms with Crippen molar-refractivity contribution in [2.45, 2.75) is 20.1 Å². The molecule has 0 aromatic heterocycles. The van der Waals surface area contributed by atoms with Gasteiger partial charge in [-0.05, 0) is 13.8 Å². The van der Waals surface area contributed by atoms with E-state index in [4.69, 9.17) is 14.2 Å². The van der Waals surface area contributed by atoms with Gasteiger partial charge in [-0.1, -0.05) is 0 Å². The number of fused-ring (bicyclic) bond motifs is 1. The van der Waals surface area contributed by atoms with Crippen molar-refractivity contribution in [2.75, 3.05) is 13.7 Å². The molecule has 0 saturated carbocycles. The second kappa shape index (κ2) is 4.89. The number of methoxy groups -OCH3 is 1. The Morgan fingerprint density at radius 2 is 2.16 bits per heavy atom. The molecule has 1 aliphatic heterocycles. The average Bonchev–Trinajstić information content (AvgIpc) is 2.71. The number of phenols is 1. The van der Waals surface area contributed by atoms with Crippen LogP contribution in [0, 0.1) is 6.92 Å². The maximum Gasteiger partial charge on any atom is 0.345 e. The summed E-state index contributed by atoms with van der Waals surface area (Å²) in [5, 5.41) is 10.1. The lowest BCUT2D eigenvalue weighted by molar-refractivity contribution is -0.0995. The molecule has 1 atom stereocenters. The quantitative estimate of drug-likeness (QED) is 0.660. The fourth-order valence-electron chi connectivity index (χ4n) is 2.20. The Kier molecular flexibility index (Phi) is 3.44. The fraction of sp³-hybridized carbons (Fsp3) is 0.385. The second-order valence-corrected chi connectivity index (χ2v) is 4.02. The minimum absolute atomic E-state index is 0.0288. The molecule has 6 nitrogen and oxygen atoms in total. The Morgan fingerprint density at radius 1 is 1.47 bits per heavy atom. The SMILES string of the molecule is CCOC1OC(=O)c2c(O)c(C)c(OC)c(C=O)c21. The molecule has 1 aromatic carbocycles. The van der Waals surface area contributed by atoms with Gasteiger partial charge in [-0.3, -0.25) is 4.79 Å². The van der Waals surface area contributed by atoms with Gasteiger partial charge in [0.1, 0.15) is 17.1 Å². The van der Waals surface area contributed by atoms with Gasteiger partial charge in [-0.2, -0.15) is 0 Å². The number of phenolic OH excluding ortho intramolecular Hbond substituents is 1. The molecule has 0 spiro atoms. The van der Waals surface area contributed by atoms with Crippen LogP contribution in [-0.2, 0) is 9.47 Å². The number of hydrogen-bond acceptors (Lipinski definition) is 6. The van der Waals surface area contributed by atoms with E-state index < -0.39 is 12.3 Å². The van der Waals surface area contributed by atoms with Gasteiger partial charge in [0.25, 0.3) is 0 Å². The zero-order valence-electron chi connectivity index (χ0n) is 10.9. The normalized spacial score (nSPS) is 17.0. The Labute approximate surface area is 109 Å². The highest BCUT2D eigenvalue weighted by atomic mass is 16.7. The van der Waals surface area contributed by atoms with Crippen LogP contribution in [-0.4, -0.2) is 31.1 Å². The summed E-state index contributed by atoms with van der Waals surface area (Å²) >= 11 is 0. The summed E-state index contributed by atoms with van der Waals surface area (Å²) in [4.78, 5) is 23.1. The van der Waals surface area contributed by atoms with Crippen molar-refractivity contribution in [1.29, 1.82) is 0 Å². The van der Waals surface area contributed by atoms with Gasteiger partial charge >= 0.3 is 5.97 Å². The first-order chi connectivity index (χ1) is 9.06. The van der Waals surface area contributed by atoms with E-state index in [1.807, 2.05) is 0 Å². The molecule has 1 heterocycles. The molecule has 0 radical (unpaired) electrons. The van der Waals surface area contributed by atoms with Gasteiger partial charge in [0, 0.05) is 12.2 Å².